The van der Waals surface area contributed by atoms with Gasteiger partial charge in [0.2, 0.25) is 0 Å². The Labute approximate surface area is 230 Å². The Balaban J connectivity index is 1.78. The summed E-state index contributed by atoms with van der Waals surface area (Å²) >= 11 is 0.985. The van der Waals surface area contributed by atoms with Crippen molar-refractivity contribution in [3.63, 3.8) is 0 Å². The number of esters is 2. The lowest BCUT2D eigenvalue weighted by Crippen LogP contribution is -2.23. The molecule has 0 aliphatic rings. The molecule has 9 heteroatoms. The molecule has 0 bridgehead atoms. The number of benzene rings is 2. The van der Waals surface area contributed by atoms with Crippen LogP contribution in [0.1, 0.15) is 63.6 Å². The van der Waals surface area contributed by atoms with Crippen LogP contribution in [0.15, 0.2) is 54.6 Å². The second-order valence-corrected chi connectivity index (χ2v) is 10.8. The number of methoxy groups -OCH3 is 1. The average molecular weight is 547 g/mol. The van der Waals surface area contributed by atoms with E-state index in [4.69, 9.17) is 19.2 Å². The van der Waals surface area contributed by atoms with Gasteiger partial charge in [0.15, 0.2) is 0 Å². The summed E-state index contributed by atoms with van der Waals surface area (Å²) in [5, 5.41) is 3.71. The molecule has 2 aromatic carbocycles. The van der Waals surface area contributed by atoms with Crippen LogP contribution in [0.25, 0.3) is 22.2 Å². The Morgan fingerprint density at radius 3 is 2.33 bits per heavy atom. The lowest BCUT2D eigenvalue weighted by atomic mass is 10.0. The predicted molar refractivity (Wildman–Crippen MR) is 152 cm³/mol. The van der Waals surface area contributed by atoms with E-state index in [0.29, 0.717) is 33.5 Å². The van der Waals surface area contributed by atoms with E-state index >= 15 is 0 Å². The molecule has 0 radical (unpaired) electrons. The molecular weight excluding hydrogens is 516 g/mol. The van der Waals surface area contributed by atoms with Gasteiger partial charge in [0.05, 0.1) is 36.1 Å². The summed E-state index contributed by atoms with van der Waals surface area (Å²) in [7, 11) is 1.59. The zero-order valence-electron chi connectivity index (χ0n) is 22.7. The third-order valence-corrected chi connectivity index (χ3v) is 6.97. The number of pyridine rings is 1. The smallest absolute Gasteiger partial charge is 0.349 e. The molecule has 0 aliphatic heterocycles. The van der Waals surface area contributed by atoms with Crippen LogP contribution in [0.2, 0.25) is 0 Å². The minimum Gasteiger partial charge on any atom is -0.497 e. The molecule has 2 heterocycles. The number of amides is 1. The summed E-state index contributed by atoms with van der Waals surface area (Å²) < 4.78 is 16.0. The Hall–Kier alpha value is -4.24. The molecular formula is C30H30N2O6S. The van der Waals surface area contributed by atoms with Crippen molar-refractivity contribution in [2.45, 2.75) is 40.2 Å². The molecule has 1 N–H and O–H groups in total. The summed E-state index contributed by atoms with van der Waals surface area (Å²) in [6, 6.07) is 16.4. The van der Waals surface area contributed by atoms with Crippen LogP contribution in [0, 0.1) is 6.92 Å². The summed E-state index contributed by atoms with van der Waals surface area (Å²) in [5.41, 5.74) is 2.20. The first kappa shape index (κ1) is 27.8. The zero-order chi connectivity index (χ0) is 28.3. The van der Waals surface area contributed by atoms with Crippen LogP contribution in [0.3, 0.4) is 0 Å². The van der Waals surface area contributed by atoms with E-state index in [-0.39, 0.29) is 22.0 Å². The minimum atomic E-state index is -0.727. The number of hydrogen-bond acceptors (Lipinski definition) is 8. The SMILES string of the molecule is CCOC(=O)c1c(NC(=O)c2cc(-c3ccc(OC)cc3)nc3ccccc23)sc(C(=O)OC(C)(C)C)c1C. The van der Waals surface area contributed by atoms with E-state index in [0.717, 1.165) is 16.9 Å². The van der Waals surface area contributed by atoms with Gasteiger partial charge < -0.3 is 19.5 Å². The van der Waals surface area contributed by atoms with Gasteiger partial charge in [0, 0.05) is 10.9 Å². The van der Waals surface area contributed by atoms with Crippen molar-refractivity contribution >= 4 is 45.1 Å². The van der Waals surface area contributed by atoms with Crippen molar-refractivity contribution in [3.8, 4) is 17.0 Å². The van der Waals surface area contributed by atoms with E-state index in [1.165, 1.54) is 0 Å². The molecule has 0 atom stereocenters. The predicted octanol–water partition coefficient (Wildman–Crippen LogP) is 6.66. The Kier molecular flexibility index (Phi) is 8.01. The largest absolute Gasteiger partial charge is 0.497 e. The minimum absolute atomic E-state index is 0.129. The topological polar surface area (TPSA) is 104 Å². The van der Waals surface area contributed by atoms with Crippen molar-refractivity contribution in [2.75, 3.05) is 19.0 Å². The van der Waals surface area contributed by atoms with Gasteiger partial charge in [-0.3, -0.25) is 4.79 Å². The molecule has 4 aromatic rings. The lowest BCUT2D eigenvalue weighted by molar-refractivity contribution is 0.00743. The van der Waals surface area contributed by atoms with Gasteiger partial charge in [-0.2, -0.15) is 0 Å². The maximum absolute atomic E-state index is 13.7. The van der Waals surface area contributed by atoms with Crippen molar-refractivity contribution < 1.29 is 28.6 Å². The normalized spacial score (nSPS) is 11.2. The van der Waals surface area contributed by atoms with Crippen molar-refractivity contribution in [1.29, 1.82) is 0 Å². The number of hydrogen-bond donors (Lipinski definition) is 1. The summed E-state index contributed by atoms with van der Waals surface area (Å²) in [5.74, 6) is -0.953. The third kappa shape index (κ3) is 6.09. The van der Waals surface area contributed by atoms with E-state index < -0.39 is 23.4 Å². The molecule has 0 fully saturated rings. The van der Waals surface area contributed by atoms with E-state index in [2.05, 4.69) is 5.32 Å². The maximum Gasteiger partial charge on any atom is 0.349 e. The fourth-order valence-electron chi connectivity index (χ4n) is 4.01. The average Bonchev–Trinajstić information content (AvgIpc) is 3.22. The monoisotopic (exact) mass is 546 g/mol. The number of aromatic nitrogens is 1. The fraction of sp³-hybridized carbons (Fsp3) is 0.267. The van der Waals surface area contributed by atoms with Crippen molar-refractivity contribution in [2.24, 2.45) is 0 Å². The van der Waals surface area contributed by atoms with E-state index in [1.807, 2.05) is 48.5 Å². The second-order valence-electron chi connectivity index (χ2n) is 9.74. The van der Waals surface area contributed by atoms with Crippen LogP contribution in [-0.4, -0.2) is 42.1 Å². The zero-order valence-corrected chi connectivity index (χ0v) is 23.5. The van der Waals surface area contributed by atoms with Gasteiger partial charge in [0.25, 0.3) is 5.91 Å². The number of carbonyl (C=O) groups is 3. The highest BCUT2D eigenvalue weighted by Gasteiger charge is 2.30. The fourth-order valence-corrected chi connectivity index (χ4v) is 5.08. The Morgan fingerprint density at radius 1 is 1.00 bits per heavy atom. The van der Waals surface area contributed by atoms with Crippen LogP contribution in [0.4, 0.5) is 5.00 Å². The molecule has 202 valence electrons. The van der Waals surface area contributed by atoms with Crippen LogP contribution in [0.5, 0.6) is 5.75 Å². The van der Waals surface area contributed by atoms with Crippen LogP contribution < -0.4 is 10.1 Å². The van der Waals surface area contributed by atoms with Gasteiger partial charge in [-0.1, -0.05) is 18.2 Å². The molecule has 1 amide bonds. The van der Waals surface area contributed by atoms with Crippen molar-refractivity contribution in [1.82, 2.24) is 4.98 Å². The highest BCUT2D eigenvalue weighted by Crippen LogP contribution is 2.36. The molecule has 0 spiro atoms. The van der Waals surface area contributed by atoms with E-state index in [9.17, 15) is 14.4 Å². The number of para-hydroxylation sites is 1. The molecule has 4 rings (SSSR count). The molecule has 39 heavy (non-hydrogen) atoms. The summed E-state index contributed by atoms with van der Waals surface area (Å²) in [6.45, 7) is 8.76. The van der Waals surface area contributed by atoms with Crippen LogP contribution >= 0.6 is 11.3 Å². The maximum atomic E-state index is 13.7. The highest BCUT2D eigenvalue weighted by atomic mass is 32.1. The first-order valence-corrected chi connectivity index (χ1v) is 13.2. The van der Waals surface area contributed by atoms with Gasteiger partial charge >= 0.3 is 11.9 Å². The number of carbonyl (C=O) groups excluding carboxylic acids is 3. The molecule has 8 nitrogen and oxygen atoms in total. The van der Waals surface area contributed by atoms with Gasteiger partial charge in [-0.15, -0.1) is 11.3 Å². The molecule has 0 saturated carbocycles. The Morgan fingerprint density at radius 2 is 1.69 bits per heavy atom. The van der Waals surface area contributed by atoms with Gasteiger partial charge in [-0.05, 0) is 76.6 Å². The van der Waals surface area contributed by atoms with Gasteiger partial charge in [0.1, 0.15) is 21.2 Å². The number of nitrogens with one attached hydrogen (secondary N) is 1. The number of fused-ring (bicyclic) bond motifs is 1. The number of anilines is 1. The van der Waals surface area contributed by atoms with Crippen molar-refractivity contribution in [3.05, 3.63) is 76.2 Å². The number of ether oxygens (including phenoxy) is 3. The third-order valence-electron chi connectivity index (χ3n) is 5.78. The number of thiophene rings is 1. The Bertz CT molecular complexity index is 1550. The molecule has 0 saturated heterocycles. The molecule has 2 aromatic heterocycles. The first-order valence-electron chi connectivity index (χ1n) is 12.4. The summed E-state index contributed by atoms with van der Waals surface area (Å²) in [6.07, 6.45) is 0. The number of rotatable bonds is 7. The molecule has 0 unspecified atom stereocenters. The first-order chi connectivity index (χ1) is 18.5. The summed E-state index contributed by atoms with van der Waals surface area (Å²) in [4.78, 5) is 44.5. The highest BCUT2D eigenvalue weighted by molar-refractivity contribution is 7.18. The molecule has 0 aliphatic carbocycles. The van der Waals surface area contributed by atoms with E-state index in [1.54, 1.807) is 47.8 Å². The lowest BCUT2D eigenvalue weighted by Gasteiger charge is -2.19. The number of nitrogens with zero attached hydrogens (tertiary/aromatic N) is 1. The quantitative estimate of drug-likeness (QED) is 0.258. The van der Waals surface area contributed by atoms with Crippen LogP contribution in [-0.2, 0) is 9.47 Å². The van der Waals surface area contributed by atoms with Gasteiger partial charge in [-0.25, -0.2) is 14.6 Å². The standard InChI is InChI=1S/C30H30N2O6S/c1-7-37-28(34)24-17(2)25(29(35)38-30(3,4)5)39-27(24)32-26(33)21-16-23(18-12-14-19(36-6)15-13-18)31-22-11-9-8-10-20(21)22/h8-16H,7H2,1-6H3,(H,32,33). The second kappa shape index (κ2) is 11.2.